The fraction of sp³-hybridized carbons (Fsp3) is 0.364. The summed E-state index contributed by atoms with van der Waals surface area (Å²) in [6, 6.07) is 3.95. The maximum atomic E-state index is 7.93. The van der Waals surface area contributed by atoms with E-state index in [-0.39, 0.29) is 11.9 Å². The van der Waals surface area contributed by atoms with Crippen LogP contribution in [-0.2, 0) is 0 Å². The minimum absolute atomic E-state index is 0.0394. The van der Waals surface area contributed by atoms with Gasteiger partial charge >= 0.3 is 0 Å². The van der Waals surface area contributed by atoms with Gasteiger partial charge in [-0.3, -0.25) is 5.41 Å². The molecule has 1 heterocycles. The van der Waals surface area contributed by atoms with Crippen LogP contribution in [0.15, 0.2) is 48.2 Å². The smallest absolute Gasteiger partial charge is 0.122 e. The highest BCUT2D eigenvalue weighted by atomic mass is 15.0. The Hall–Kier alpha value is -3.02. The van der Waals surface area contributed by atoms with E-state index in [9.17, 15) is 0 Å². The molecule has 2 aliphatic carbocycles. The predicted molar refractivity (Wildman–Crippen MR) is 116 cm³/mol. The Balaban J connectivity index is 1.86. The molecule has 146 valence electrons. The Morgan fingerprint density at radius 1 is 1.25 bits per heavy atom. The first-order chi connectivity index (χ1) is 13.5. The number of hydrogen-bond acceptors (Lipinski definition) is 5. The summed E-state index contributed by atoms with van der Waals surface area (Å²) >= 11 is 0. The van der Waals surface area contributed by atoms with Gasteiger partial charge in [-0.1, -0.05) is 6.58 Å². The number of rotatable bonds is 5. The molecule has 0 saturated heterocycles. The second-order valence-corrected chi connectivity index (χ2v) is 8.17. The summed E-state index contributed by atoms with van der Waals surface area (Å²) in [5, 5.41) is 19.3. The van der Waals surface area contributed by atoms with Gasteiger partial charge in [0, 0.05) is 28.7 Å². The van der Waals surface area contributed by atoms with Gasteiger partial charge in [0.25, 0.3) is 0 Å². The third-order valence-corrected chi connectivity index (χ3v) is 6.81. The summed E-state index contributed by atoms with van der Waals surface area (Å²) in [6.45, 7) is 3.91. The van der Waals surface area contributed by atoms with Gasteiger partial charge in [0.1, 0.15) is 5.84 Å². The lowest BCUT2D eigenvalue weighted by molar-refractivity contribution is 0.263. The number of nitrogen functional groups attached to an aromatic ring is 1. The van der Waals surface area contributed by atoms with E-state index < -0.39 is 0 Å². The van der Waals surface area contributed by atoms with E-state index in [1.165, 1.54) is 37.2 Å². The third-order valence-electron chi connectivity index (χ3n) is 6.81. The first-order valence-electron chi connectivity index (χ1n) is 9.78. The molecule has 6 nitrogen and oxygen atoms in total. The van der Waals surface area contributed by atoms with Crippen LogP contribution < -0.4 is 22.5 Å². The van der Waals surface area contributed by atoms with E-state index in [0.717, 1.165) is 16.8 Å². The van der Waals surface area contributed by atoms with Crippen LogP contribution in [0.4, 0.5) is 11.4 Å². The minimum atomic E-state index is -0.0394. The van der Waals surface area contributed by atoms with Crippen molar-refractivity contribution >= 4 is 23.4 Å². The van der Waals surface area contributed by atoms with Gasteiger partial charge in [0.2, 0.25) is 0 Å². The predicted octanol–water partition coefficient (Wildman–Crippen LogP) is 3.08. The average molecular weight is 377 g/mol. The van der Waals surface area contributed by atoms with E-state index in [4.69, 9.17) is 28.0 Å². The highest BCUT2D eigenvalue weighted by Gasteiger charge is 2.54. The molecule has 0 aromatic heterocycles. The summed E-state index contributed by atoms with van der Waals surface area (Å²) in [6.07, 6.45) is 10.4. The quantitative estimate of drug-likeness (QED) is 0.203. The molecule has 6 heteroatoms. The van der Waals surface area contributed by atoms with Crippen LogP contribution in [0.1, 0.15) is 36.3 Å². The molecule has 2 saturated carbocycles. The first kappa shape index (κ1) is 18.3. The number of amidine groups is 1. The highest BCUT2D eigenvalue weighted by molar-refractivity contribution is 5.96. The minimum Gasteiger partial charge on any atom is -0.405 e. The Labute approximate surface area is 165 Å². The zero-order chi connectivity index (χ0) is 20.0. The summed E-state index contributed by atoms with van der Waals surface area (Å²) in [5.74, 6) is 1.98. The van der Waals surface area contributed by atoms with Crippen molar-refractivity contribution in [2.45, 2.75) is 31.2 Å². The van der Waals surface area contributed by atoms with Crippen molar-refractivity contribution in [3.63, 3.8) is 0 Å². The molecule has 4 rings (SSSR count). The monoisotopic (exact) mass is 376 g/mol. The number of hydrogen-bond donors (Lipinski definition) is 6. The molecule has 1 aromatic carbocycles. The second kappa shape index (κ2) is 6.86. The lowest BCUT2D eigenvalue weighted by atomic mass is 9.66. The average Bonchev–Trinajstić information content (AvgIpc) is 3.29. The van der Waals surface area contributed by atoms with Crippen LogP contribution in [0.2, 0.25) is 0 Å². The van der Waals surface area contributed by atoms with Crippen molar-refractivity contribution in [2.24, 2.45) is 29.2 Å². The van der Waals surface area contributed by atoms with Gasteiger partial charge in [-0.2, -0.15) is 0 Å². The van der Waals surface area contributed by atoms with Crippen LogP contribution in [0.3, 0.4) is 0 Å². The topological polar surface area (TPSA) is 138 Å². The molecule has 9 N–H and O–H groups in total. The SMILES string of the molecule is C=C(/C=C(\C=C/N)C1Nc2ccc(N)c(C=N)c2C2C3CCC(C3)C12)C(=N)N. The lowest BCUT2D eigenvalue weighted by Gasteiger charge is -2.44. The maximum Gasteiger partial charge on any atom is 0.122 e. The van der Waals surface area contributed by atoms with Gasteiger partial charge < -0.3 is 27.9 Å². The zero-order valence-corrected chi connectivity index (χ0v) is 15.9. The van der Waals surface area contributed by atoms with Gasteiger partial charge in [-0.15, -0.1) is 0 Å². The van der Waals surface area contributed by atoms with Crippen molar-refractivity contribution in [1.29, 1.82) is 10.8 Å². The third kappa shape index (κ3) is 2.71. The fourth-order valence-electron chi connectivity index (χ4n) is 5.74. The van der Waals surface area contributed by atoms with E-state index in [1.807, 2.05) is 24.3 Å². The zero-order valence-electron chi connectivity index (χ0n) is 15.9. The van der Waals surface area contributed by atoms with E-state index in [0.29, 0.717) is 34.9 Å². The molecule has 0 spiro atoms. The number of nitrogens with one attached hydrogen (secondary N) is 3. The van der Waals surface area contributed by atoms with E-state index in [1.54, 1.807) is 0 Å². The molecular weight excluding hydrogens is 348 g/mol. The van der Waals surface area contributed by atoms with E-state index in [2.05, 4.69) is 11.9 Å². The Morgan fingerprint density at radius 3 is 2.68 bits per heavy atom. The molecule has 3 aliphatic rings. The standard InChI is InChI=1S/C22H28N6/c1-11(22(26)27)8-14(6-7-23)21-19-13-3-2-12(9-13)18(19)20-15(10-24)16(25)4-5-17(20)28-21/h4-8,10,12-13,18-19,21,24,28H,1-3,9,23,25H2,(H3,26,27)/b7-6-,14-8+,24-10?. The number of benzene rings is 1. The van der Waals surface area contributed by atoms with E-state index >= 15 is 0 Å². The Kier molecular flexibility index (Phi) is 4.49. The first-order valence-corrected chi connectivity index (χ1v) is 9.78. The number of fused-ring (bicyclic) bond motifs is 7. The van der Waals surface area contributed by atoms with Crippen molar-refractivity contribution in [3.05, 3.63) is 59.3 Å². The molecule has 2 bridgehead atoms. The van der Waals surface area contributed by atoms with Gasteiger partial charge in [0.05, 0.1) is 6.04 Å². The number of anilines is 2. The highest BCUT2D eigenvalue weighted by Crippen LogP contribution is 2.62. The largest absolute Gasteiger partial charge is 0.405 e. The van der Waals surface area contributed by atoms with Crippen LogP contribution in [0.5, 0.6) is 0 Å². The van der Waals surface area contributed by atoms with Crippen molar-refractivity contribution < 1.29 is 0 Å². The molecule has 5 atom stereocenters. The van der Waals surface area contributed by atoms with Crippen molar-refractivity contribution in [2.75, 3.05) is 11.1 Å². The van der Waals surface area contributed by atoms with Crippen LogP contribution in [0, 0.1) is 28.6 Å². The molecule has 0 radical (unpaired) electrons. The summed E-state index contributed by atoms with van der Waals surface area (Å²) < 4.78 is 0. The van der Waals surface area contributed by atoms with Crippen LogP contribution >= 0.6 is 0 Å². The van der Waals surface area contributed by atoms with Gasteiger partial charge in [-0.25, -0.2) is 0 Å². The number of nitrogens with two attached hydrogens (primary N) is 3. The molecule has 1 aromatic rings. The summed E-state index contributed by atoms with van der Waals surface area (Å²) in [5.41, 5.74) is 22.8. The summed E-state index contributed by atoms with van der Waals surface area (Å²) in [4.78, 5) is 0. The molecule has 5 unspecified atom stereocenters. The normalized spacial score (nSPS) is 30.6. The molecular formula is C22H28N6. The Morgan fingerprint density at radius 2 is 2.00 bits per heavy atom. The Bertz CT molecular complexity index is 912. The molecule has 28 heavy (non-hydrogen) atoms. The van der Waals surface area contributed by atoms with Crippen LogP contribution in [0.25, 0.3) is 0 Å². The van der Waals surface area contributed by atoms with Gasteiger partial charge in [-0.05, 0) is 84.6 Å². The summed E-state index contributed by atoms with van der Waals surface area (Å²) in [7, 11) is 0. The molecule has 2 fully saturated rings. The van der Waals surface area contributed by atoms with Crippen LogP contribution in [-0.4, -0.2) is 18.1 Å². The van der Waals surface area contributed by atoms with Crippen molar-refractivity contribution in [3.8, 4) is 0 Å². The molecule has 1 aliphatic heterocycles. The second-order valence-electron chi connectivity index (χ2n) is 8.17. The van der Waals surface area contributed by atoms with Gasteiger partial charge in [0.15, 0.2) is 0 Å². The maximum absolute atomic E-state index is 7.93. The lowest BCUT2D eigenvalue weighted by Crippen LogP contribution is -2.42. The fourth-order valence-corrected chi connectivity index (χ4v) is 5.74. The molecule has 0 amide bonds. The van der Waals surface area contributed by atoms with Crippen molar-refractivity contribution in [1.82, 2.24) is 0 Å².